The maximum absolute atomic E-state index is 11.3. The van der Waals surface area contributed by atoms with Crippen molar-refractivity contribution in [2.75, 3.05) is 24.6 Å². The Bertz CT molecular complexity index is 407. The second-order valence-corrected chi connectivity index (χ2v) is 7.27. The Morgan fingerprint density at radius 1 is 1.42 bits per heavy atom. The summed E-state index contributed by atoms with van der Waals surface area (Å²) >= 11 is 0. The second-order valence-electron chi connectivity index (χ2n) is 4.97. The van der Waals surface area contributed by atoms with E-state index in [1.165, 1.54) is 0 Å². The smallest absolute Gasteiger partial charge is 0.188 e. The highest BCUT2D eigenvalue weighted by atomic mass is 127. The average Bonchev–Trinajstić information content (AvgIpc) is 2.29. The number of halogens is 1. The molecule has 0 aromatic rings. The summed E-state index contributed by atoms with van der Waals surface area (Å²) in [6.45, 7) is 6.94. The third-order valence-corrected chi connectivity index (χ3v) is 4.77. The van der Waals surface area contributed by atoms with Crippen LogP contribution in [0.1, 0.15) is 26.2 Å². The summed E-state index contributed by atoms with van der Waals surface area (Å²) < 4.78 is 22.5. The van der Waals surface area contributed by atoms with Gasteiger partial charge in [0.2, 0.25) is 0 Å². The lowest BCUT2D eigenvalue weighted by Crippen LogP contribution is -2.34. The molecule has 1 rings (SSSR count). The highest BCUT2D eigenvalue weighted by Gasteiger charge is 2.22. The highest BCUT2D eigenvalue weighted by molar-refractivity contribution is 14.0. The Morgan fingerprint density at radius 3 is 2.53 bits per heavy atom. The lowest BCUT2D eigenvalue weighted by molar-refractivity contribution is 0.434. The number of nitrogens with zero attached hydrogens (tertiary/aromatic N) is 1. The number of rotatable bonds is 5. The summed E-state index contributed by atoms with van der Waals surface area (Å²) in [7, 11) is -2.75. The average molecular weight is 401 g/mol. The number of nitrogens with one attached hydrogen (secondary N) is 1. The first-order valence-electron chi connectivity index (χ1n) is 6.27. The Morgan fingerprint density at radius 2 is 2.00 bits per heavy atom. The van der Waals surface area contributed by atoms with Gasteiger partial charge in [-0.1, -0.05) is 12.2 Å². The van der Waals surface area contributed by atoms with Crippen molar-refractivity contribution < 1.29 is 8.42 Å². The predicted molar refractivity (Wildman–Crippen MR) is 90.7 cm³/mol. The first kappa shape index (κ1) is 18.7. The molecule has 0 atom stereocenters. The minimum absolute atomic E-state index is 0. The minimum atomic E-state index is -2.75. The molecular formula is C12H24IN3O2S. The highest BCUT2D eigenvalue weighted by Crippen LogP contribution is 2.21. The van der Waals surface area contributed by atoms with E-state index in [9.17, 15) is 8.42 Å². The van der Waals surface area contributed by atoms with Crippen LogP contribution < -0.4 is 11.1 Å². The van der Waals surface area contributed by atoms with Crippen LogP contribution in [-0.2, 0) is 9.84 Å². The van der Waals surface area contributed by atoms with E-state index in [1.807, 2.05) is 6.92 Å². The Hall–Kier alpha value is -0.310. The van der Waals surface area contributed by atoms with E-state index in [2.05, 4.69) is 16.9 Å². The summed E-state index contributed by atoms with van der Waals surface area (Å²) in [6.07, 6.45) is 2.48. The SMILES string of the molecule is C=C(C)CN=C(N)NCCC1CCS(=O)(=O)CC1.I. The van der Waals surface area contributed by atoms with Crippen LogP contribution in [0.15, 0.2) is 17.1 Å². The molecule has 0 saturated carbocycles. The Labute approximate surface area is 133 Å². The number of hydrogen-bond acceptors (Lipinski definition) is 3. The predicted octanol–water partition coefficient (Wildman–Crippen LogP) is 1.30. The molecule has 0 bridgehead atoms. The van der Waals surface area contributed by atoms with Gasteiger partial charge in [0, 0.05) is 6.54 Å². The van der Waals surface area contributed by atoms with Crippen LogP contribution in [-0.4, -0.2) is 39.0 Å². The van der Waals surface area contributed by atoms with Crippen molar-refractivity contribution in [3.63, 3.8) is 0 Å². The topological polar surface area (TPSA) is 84.5 Å². The van der Waals surface area contributed by atoms with Gasteiger partial charge in [-0.15, -0.1) is 24.0 Å². The zero-order valence-electron chi connectivity index (χ0n) is 11.4. The Kier molecular flexibility index (Phi) is 8.64. The maximum Gasteiger partial charge on any atom is 0.188 e. The van der Waals surface area contributed by atoms with Crippen molar-refractivity contribution in [3.8, 4) is 0 Å². The van der Waals surface area contributed by atoms with E-state index in [0.29, 0.717) is 29.9 Å². The van der Waals surface area contributed by atoms with Crippen LogP contribution in [0.3, 0.4) is 0 Å². The van der Waals surface area contributed by atoms with Crippen molar-refractivity contribution in [1.29, 1.82) is 0 Å². The molecule has 5 nitrogen and oxygen atoms in total. The van der Waals surface area contributed by atoms with Crippen LogP contribution in [0.5, 0.6) is 0 Å². The fourth-order valence-corrected chi connectivity index (χ4v) is 3.50. The van der Waals surface area contributed by atoms with Gasteiger partial charge in [0.05, 0.1) is 18.1 Å². The van der Waals surface area contributed by atoms with Gasteiger partial charge in [0.1, 0.15) is 9.84 Å². The van der Waals surface area contributed by atoms with E-state index in [0.717, 1.165) is 31.4 Å². The first-order chi connectivity index (χ1) is 8.39. The molecule has 7 heteroatoms. The second kappa shape index (κ2) is 8.78. The minimum Gasteiger partial charge on any atom is -0.370 e. The van der Waals surface area contributed by atoms with Gasteiger partial charge >= 0.3 is 0 Å². The number of hydrogen-bond donors (Lipinski definition) is 2. The van der Waals surface area contributed by atoms with Crippen molar-refractivity contribution in [2.24, 2.45) is 16.6 Å². The van der Waals surface area contributed by atoms with Gasteiger partial charge in [0.25, 0.3) is 0 Å². The fraction of sp³-hybridized carbons (Fsp3) is 0.750. The van der Waals surface area contributed by atoms with Crippen molar-refractivity contribution >= 4 is 39.8 Å². The summed E-state index contributed by atoms with van der Waals surface area (Å²) in [5, 5.41) is 3.04. The van der Waals surface area contributed by atoms with Crippen molar-refractivity contribution in [1.82, 2.24) is 5.32 Å². The van der Waals surface area contributed by atoms with E-state index >= 15 is 0 Å². The van der Waals surface area contributed by atoms with Gasteiger partial charge in [-0.25, -0.2) is 13.4 Å². The van der Waals surface area contributed by atoms with Gasteiger partial charge < -0.3 is 11.1 Å². The lowest BCUT2D eigenvalue weighted by Gasteiger charge is -2.21. The molecule has 112 valence electrons. The molecule has 0 radical (unpaired) electrons. The third kappa shape index (κ3) is 8.46. The number of nitrogens with two attached hydrogens (primary N) is 1. The van der Waals surface area contributed by atoms with E-state index in [4.69, 9.17) is 5.73 Å². The monoisotopic (exact) mass is 401 g/mol. The van der Waals surface area contributed by atoms with Gasteiger partial charge in [-0.05, 0) is 32.1 Å². The molecule has 1 aliphatic rings. The van der Waals surface area contributed by atoms with Gasteiger partial charge in [-0.2, -0.15) is 0 Å². The molecule has 1 heterocycles. The summed E-state index contributed by atoms with van der Waals surface area (Å²) in [6, 6.07) is 0. The Balaban J connectivity index is 0.00000324. The zero-order chi connectivity index (χ0) is 13.6. The van der Waals surface area contributed by atoms with Crippen molar-refractivity contribution in [2.45, 2.75) is 26.2 Å². The number of sulfone groups is 1. The molecule has 3 N–H and O–H groups in total. The standard InChI is InChI=1S/C12H23N3O2S.HI/c1-10(2)9-15-12(13)14-6-3-11-4-7-18(16,17)8-5-11;/h11H,1,3-9H2,2H3,(H3,13,14,15);1H. The molecule has 0 aliphatic carbocycles. The zero-order valence-corrected chi connectivity index (χ0v) is 14.5. The third-order valence-electron chi connectivity index (χ3n) is 3.05. The van der Waals surface area contributed by atoms with Crippen LogP contribution in [0.2, 0.25) is 0 Å². The summed E-state index contributed by atoms with van der Waals surface area (Å²) in [5.41, 5.74) is 6.65. The fourth-order valence-electron chi connectivity index (χ4n) is 1.91. The number of guanidine groups is 1. The van der Waals surface area contributed by atoms with E-state index < -0.39 is 9.84 Å². The van der Waals surface area contributed by atoms with Crippen LogP contribution >= 0.6 is 24.0 Å². The van der Waals surface area contributed by atoms with Gasteiger partial charge in [0.15, 0.2) is 5.96 Å². The quantitative estimate of drug-likeness (QED) is 0.315. The van der Waals surface area contributed by atoms with E-state index in [1.54, 1.807) is 0 Å². The molecule has 1 fully saturated rings. The maximum atomic E-state index is 11.3. The van der Waals surface area contributed by atoms with E-state index in [-0.39, 0.29) is 24.0 Å². The van der Waals surface area contributed by atoms with Crippen LogP contribution in [0.25, 0.3) is 0 Å². The van der Waals surface area contributed by atoms with Crippen LogP contribution in [0.4, 0.5) is 0 Å². The molecular weight excluding hydrogens is 377 g/mol. The summed E-state index contributed by atoms with van der Waals surface area (Å²) in [4.78, 5) is 4.12. The molecule has 19 heavy (non-hydrogen) atoms. The summed E-state index contributed by atoms with van der Waals surface area (Å²) in [5.74, 6) is 1.57. The lowest BCUT2D eigenvalue weighted by atomic mass is 9.99. The first-order valence-corrected chi connectivity index (χ1v) is 8.10. The van der Waals surface area contributed by atoms with Crippen LogP contribution in [0, 0.1) is 5.92 Å². The molecule has 0 aromatic carbocycles. The molecule has 0 aromatic heterocycles. The molecule has 0 amide bonds. The van der Waals surface area contributed by atoms with Gasteiger partial charge in [-0.3, -0.25) is 0 Å². The van der Waals surface area contributed by atoms with Crippen molar-refractivity contribution in [3.05, 3.63) is 12.2 Å². The largest absolute Gasteiger partial charge is 0.370 e. The normalized spacial score (nSPS) is 19.5. The molecule has 0 spiro atoms. The molecule has 1 aliphatic heterocycles. The molecule has 0 unspecified atom stereocenters. The molecule has 1 saturated heterocycles. The number of aliphatic imine (C=N–C) groups is 1.